The Morgan fingerprint density at radius 1 is 0.756 bits per heavy atom. The fraction of sp³-hybridized carbons (Fsp3) is 0.917. The van der Waals surface area contributed by atoms with E-state index in [4.69, 9.17) is 9.05 Å². The van der Waals surface area contributed by atoms with Gasteiger partial charge < -0.3 is 28.8 Å². The summed E-state index contributed by atoms with van der Waals surface area (Å²) in [4.78, 5) is 25.0. The first-order valence-electron chi connectivity index (χ1n) is 18.5. The lowest BCUT2D eigenvalue weighted by Gasteiger charge is -2.30. The number of allylic oxidation sites excluding steroid dienone is 2. The van der Waals surface area contributed by atoms with Crippen molar-refractivity contribution in [2.45, 2.75) is 174 Å². The molecule has 0 aromatic rings. The van der Waals surface area contributed by atoms with E-state index >= 15 is 0 Å². The third-order valence-corrected chi connectivity index (χ3v) is 9.22. The zero-order valence-corrected chi connectivity index (χ0v) is 31.0. The molecule has 268 valence electrons. The first kappa shape index (κ1) is 44.2. The van der Waals surface area contributed by atoms with E-state index in [1.807, 2.05) is 21.1 Å². The van der Waals surface area contributed by atoms with E-state index in [2.05, 4.69) is 31.3 Å². The summed E-state index contributed by atoms with van der Waals surface area (Å²) in [5.41, 5.74) is 0. The van der Waals surface area contributed by atoms with Gasteiger partial charge in [0.2, 0.25) is 5.91 Å². The highest BCUT2D eigenvalue weighted by atomic mass is 31.2. The Bertz CT molecular complexity index is 758. The number of likely N-dealkylation sites (N-methyl/N-ethyl adjacent to an activating group) is 1. The van der Waals surface area contributed by atoms with E-state index in [9.17, 15) is 19.4 Å². The second-order valence-electron chi connectivity index (χ2n) is 13.9. The summed E-state index contributed by atoms with van der Waals surface area (Å²) in [5.74, 6) is -0.177. The van der Waals surface area contributed by atoms with E-state index in [1.165, 1.54) is 83.5 Å². The summed E-state index contributed by atoms with van der Waals surface area (Å²) in [6.45, 7) is 4.60. The van der Waals surface area contributed by atoms with E-state index in [-0.39, 0.29) is 19.1 Å². The molecule has 0 spiro atoms. The predicted octanol–water partition coefficient (Wildman–Crippen LogP) is 8.61. The van der Waals surface area contributed by atoms with Crippen LogP contribution in [0.5, 0.6) is 0 Å². The van der Waals surface area contributed by atoms with Crippen molar-refractivity contribution in [2.75, 3.05) is 40.9 Å². The minimum absolute atomic E-state index is 0.0116. The van der Waals surface area contributed by atoms with E-state index in [1.54, 1.807) is 0 Å². The molecule has 0 rings (SSSR count). The average Bonchev–Trinajstić information content (AvgIpc) is 2.97. The Labute approximate surface area is 278 Å². The highest BCUT2D eigenvalue weighted by Gasteiger charge is 2.24. The molecule has 0 bridgehead atoms. The number of unbranched alkanes of at least 4 members (excludes halogenated alkanes) is 18. The molecule has 0 radical (unpaired) electrons. The van der Waals surface area contributed by atoms with Crippen molar-refractivity contribution < 1.29 is 32.9 Å². The predicted molar refractivity (Wildman–Crippen MR) is 187 cm³/mol. The molecule has 45 heavy (non-hydrogen) atoms. The van der Waals surface area contributed by atoms with E-state index in [0.717, 1.165) is 51.4 Å². The first-order valence-corrected chi connectivity index (χ1v) is 20.0. The van der Waals surface area contributed by atoms with Crippen molar-refractivity contribution in [2.24, 2.45) is 0 Å². The number of phosphoric ester groups is 1. The molecule has 0 aliphatic rings. The zero-order valence-electron chi connectivity index (χ0n) is 30.1. The van der Waals surface area contributed by atoms with Gasteiger partial charge in [-0.3, -0.25) is 9.36 Å². The summed E-state index contributed by atoms with van der Waals surface area (Å²) in [7, 11) is 1.30. The lowest BCUT2D eigenvalue weighted by molar-refractivity contribution is -0.870. The van der Waals surface area contributed by atoms with E-state index < -0.39 is 20.0 Å². The molecule has 2 N–H and O–H groups in total. The number of hydrogen-bond donors (Lipinski definition) is 2. The normalized spacial score (nSPS) is 14.9. The maximum atomic E-state index is 12.7. The number of aliphatic hydroxyl groups is 1. The van der Waals surface area contributed by atoms with Gasteiger partial charge in [-0.05, 0) is 38.5 Å². The molecule has 3 unspecified atom stereocenters. The highest BCUT2D eigenvalue weighted by molar-refractivity contribution is 7.45. The number of rotatable bonds is 33. The summed E-state index contributed by atoms with van der Waals surface area (Å²) >= 11 is 0. The molecule has 8 nitrogen and oxygen atoms in total. The third kappa shape index (κ3) is 31.6. The van der Waals surface area contributed by atoms with Gasteiger partial charge >= 0.3 is 0 Å². The molecular formula is C36H73N2O6P. The Balaban J connectivity index is 4.21. The number of phosphoric acid groups is 1. The van der Waals surface area contributed by atoms with Crippen LogP contribution < -0.4 is 10.2 Å². The Hall–Kier alpha value is -0.760. The van der Waals surface area contributed by atoms with Gasteiger partial charge in [0.1, 0.15) is 13.2 Å². The van der Waals surface area contributed by atoms with Crippen molar-refractivity contribution in [1.29, 1.82) is 0 Å². The van der Waals surface area contributed by atoms with Gasteiger partial charge in [-0.2, -0.15) is 0 Å². The van der Waals surface area contributed by atoms with Crippen LogP contribution in [-0.4, -0.2) is 68.5 Å². The van der Waals surface area contributed by atoms with Crippen molar-refractivity contribution in [3.63, 3.8) is 0 Å². The van der Waals surface area contributed by atoms with Gasteiger partial charge in [-0.15, -0.1) is 0 Å². The molecular weight excluding hydrogens is 587 g/mol. The molecule has 9 heteroatoms. The number of nitrogens with one attached hydrogen (secondary N) is 1. The minimum atomic E-state index is -4.54. The molecule has 0 saturated carbocycles. The monoisotopic (exact) mass is 661 g/mol. The van der Waals surface area contributed by atoms with Crippen molar-refractivity contribution >= 4 is 13.7 Å². The van der Waals surface area contributed by atoms with Crippen molar-refractivity contribution in [3.8, 4) is 0 Å². The third-order valence-electron chi connectivity index (χ3n) is 8.25. The molecule has 0 aromatic heterocycles. The molecule has 0 aliphatic heterocycles. The van der Waals surface area contributed by atoms with Gasteiger partial charge in [0, 0.05) is 6.42 Å². The lowest BCUT2D eigenvalue weighted by Crippen LogP contribution is -2.46. The van der Waals surface area contributed by atoms with Crippen molar-refractivity contribution in [3.05, 3.63) is 12.2 Å². The number of aliphatic hydroxyl groups excluding tert-OH is 1. The SMILES string of the molecule is CCCCCCCCC/C=C\CCCCCCCCCC(=O)NC(COP(=O)([O-])OCC[N+](C)(C)C)C(O)CCCCCCC. The summed E-state index contributed by atoms with van der Waals surface area (Å²) in [6.07, 6.45) is 29.6. The maximum absolute atomic E-state index is 12.7. The first-order chi connectivity index (χ1) is 21.5. The topological polar surface area (TPSA) is 108 Å². The zero-order chi connectivity index (χ0) is 33.7. The number of hydrogen-bond acceptors (Lipinski definition) is 6. The molecule has 0 fully saturated rings. The highest BCUT2D eigenvalue weighted by Crippen LogP contribution is 2.38. The fourth-order valence-corrected chi connectivity index (χ4v) is 5.93. The quantitative estimate of drug-likeness (QED) is 0.0316. The Morgan fingerprint density at radius 2 is 1.22 bits per heavy atom. The van der Waals surface area contributed by atoms with Crippen LogP contribution in [0.25, 0.3) is 0 Å². The maximum Gasteiger partial charge on any atom is 0.268 e. The summed E-state index contributed by atoms with van der Waals surface area (Å²) < 4.78 is 23.0. The van der Waals surface area contributed by atoms with Crippen LogP contribution in [0, 0.1) is 0 Å². The molecule has 0 aliphatic carbocycles. The summed E-state index contributed by atoms with van der Waals surface area (Å²) in [6, 6.07) is -0.794. The lowest BCUT2D eigenvalue weighted by atomic mass is 10.0. The van der Waals surface area contributed by atoms with Crippen LogP contribution in [0.4, 0.5) is 0 Å². The largest absolute Gasteiger partial charge is 0.756 e. The van der Waals surface area contributed by atoms with Crippen LogP contribution in [0.15, 0.2) is 12.2 Å². The Morgan fingerprint density at radius 3 is 1.73 bits per heavy atom. The van der Waals surface area contributed by atoms with Gasteiger partial charge in [0.15, 0.2) is 0 Å². The van der Waals surface area contributed by atoms with Crippen LogP contribution in [-0.2, 0) is 18.4 Å². The van der Waals surface area contributed by atoms with Crippen molar-refractivity contribution in [1.82, 2.24) is 5.32 Å². The van der Waals surface area contributed by atoms with Gasteiger partial charge in [0.05, 0.1) is 39.9 Å². The Kier molecular flexibility index (Phi) is 28.9. The molecule has 0 saturated heterocycles. The van der Waals surface area contributed by atoms with Crippen LogP contribution >= 0.6 is 7.82 Å². The second kappa shape index (κ2) is 29.4. The number of carbonyl (C=O) groups excluding carboxylic acids is 1. The van der Waals surface area contributed by atoms with Crippen LogP contribution in [0.2, 0.25) is 0 Å². The fourth-order valence-electron chi connectivity index (χ4n) is 5.21. The van der Waals surface area contributed by atoms with E-state index in [0.29, 0.717) is 23.9 Å². The number of nitrogens with zero attached hydrogens (tertiary/aromatic N) is 1. The minimum Gasteiger partial charge on any atom is -0.756 e. The van der Waals surface area contributed by atoms with Crippen LogP contribution in [0.3, 0.4) is 0 Å². The summed E-state index contributed by atoms with van der Waals surface area (Å²) in [5, 5.41) is 13.6. The molecule has 0 heterocycles. The van der Waals surface area contributed by atoms with Gasteiger partial charge in [0.25, 0.3) is 7.82 Å². The standard InChI is InChI=1S/C36H73N2O6P/c1-6-8-10-12-13-14-15-16-17-18-19-20-21-22-23-24-26-28-30-36(40)37-34(35(39)29-27-25-11-9-7-2)33-44-45(41,42)43-32-31-38(3,4)5/h17-18,34-35,39H,6-16,19-33H2,1-5H3,(H-,37,40,41,42)/b18-17-. The molecule has 1 amide bonds. The number of amides is 1. The molecule has 3 atom stereocenters. The van der Waals surface area contributed by atoms with Gasteiger partial charge in [-0.1, -0.05) is 129 Å². The van der Waals surface area contributed by atoms with Crippen LogP contribution in [0.1, 0.15) is 162 Å². The smallest absolute Gasteiger partial charge is 0.268 e. The number of quaternary nitrogens is 1. The molecule has 0 aromatic carbocycles. The average molecular weight is 661 g/mol. The number of carbonyl (C=O) groups is 1. The van der Waals surface area contributed by atoms with Gasteiger partial charge in [-0.25, -0.2) is 0 Å². The second-order valence-corrected chi connectivity index (χ2v) is 15.3.